The zero-order valence-electron chi connectivity index (χ0n) is 21.1. The number of hydrogen-bond acceptors (Lipinski definition) is 6. The third-order valence-electron chi connectivity index (χ3n) is 6.54. The summed E-state index contributed by atoms with van der Waals surface area (Å²) in [5.74, 6) is 0.439. The summed E-state index contributed by atoms with van der Waals surface area (Å²) < 4.78 is 37.9. The van der Waals surface area contributed by atoms with Gasteiger partial charge >= 0.3 is 0 Å². The Morgan fingerprint density at radius 3 is 2.10 bits per heavy atom. The minimum absolute atomic E-state index is 0.111. The first-order valence-corrected chi connectivity index (χ1v) is 15.1. The summed E-state index contributed by atoms with van der Waals surface area (Å²) in [6.07, 6.45) is -1.12. The molecule has 1 heterocycles. The monoisotopic (exact) mass is 687 g/mol. The highest BCUT2D eigenvalue weighted by atomic mass is 79.9. The van der Waals surface area contributed by atoms with Crippen molar-refractivity contribution in [3.8, 4) is 5.75 Å². The number of nitro benzene ring substituents is 1. The van der Waals surface area contributed by atoms with Gasteiger partial charge in [-0.05, 0) is 60.7 Å². The average molecular weight is 689 g/mol. The first kappa shape index (κ1) is 28.1. The van der Waals surface area contributed by atoms with Gasteiger partial charge in [0.15, 0.2) is 0 Å². The minimum atomic E-state index is -4.22. The van der Waals surface area contributed by atoms with Crippen molar-refractivity contribution in [3.63, 3.8) is 0 Å². The molecule has 0 aliphatic carbocycles. The minimum Gasteiger partial charge on any atom is -0.497 e. The van der Waals surface area contributed by atoms with Crippen molar-refractivity contribution in [1.82, 2.24) is 4.57 Å². The molecule has 206 valence electrons. The molecule has 5 rings (SSSR count). The number of aliphatic hydroxyl groups is 1. The van der Waals surface area contributed by atoms with E-state index in [1.165, 1.54) is 19.2 Å². The average Bonchev–Trinajstić information content (AvgIpc) is 3.23. The van der Waals surface area contributed by atoms with E-state index in [0.29, 0.717) is 5.75 Å². The SMILES string of the molecule is COc1cccc(N(CC(O)Cn2c3ccc(Br)cc3c3cc(Br)ccc32)S(=O)(=O)c2ccc([N+](=O)[O-])cc2)c1. The van der Waals surface area contributed by atoms with Crippen LogP contribution >= 0.6 is 31.9 Å². The predicted molar refractivity (Wildman–Crippen MR) is 161 cm³/mol. The van der Waals surface area contributed by atoms with Crippen LogP contribution in [0.25, 0.3) is 21.8 Å². The first-order valence-electron chi connectivity index (χ1n) is 12.0. The van der Waals surface area contributed by atoms with Gasteiger partial charge in [-0.2, -0.15) is 0 Å². The van der Waals surface area contributed by atoms with Crippen molar-refractivity contribution in [1.29, 1.82) is 0 Å². The molecule has 12 heteroatoms. The number of aromatic nitrogens is 1. The third-order valence-corrected chi connectivity index (χ3v) is 9.33. The number of rotatable bonds is 9. The fourth-order valence-electron chi connectivity index (χ4n) is 4.68. The van der Waals surface area contributed by atoms with Crippen molar-refractivity contribution < 1.29 is 23.2 Å². The molecule has 0 saturated heterocycles. The Kier molecular flexibility index (Phi) is 7.87. The summed E-state index contributed by atoms with van der Waals surface area (Å²) in [5, 5.41) is 24.4. The largest absolute Gasteiger partial charge is 0.497 e. The number of non-ortho nitro benzene ring substituents is 1. The highest BCUT2D eigenvalue weighted by molar-refractivity contribution is 9.10. The van der Waals surface area contributed by atoms with Crippen LogP contribution in [0.4, 0.5) is 11.4 Å². The summed E-state index contributed by atoms with van der Waals surface area (Å²) in [6, 6.07) is 22.9. The van der Waals surface area contributed by atoms with Crippen molar-refractivity contribution in [2.24, 2.45) is 0 Å². The van der Waals surface area contributed by atoms with E-state index in [1.54, 1.807) is 24.3 Å². The van der Waals surface area contributed by atoms with Crippen LogP contribution in [0.5, 0.6) is 5.75 Å². The van der Waals surface area contributed by atoms with Crippen LogP contribution in [-0.2, 0) is 16.6 Å². The van der Waals surface area contributed by atoms with Crippen LogP contribution in [0.3, 0.4) is 0 Å². The highest BCUT2D eigenvalue weighted by Gasteiger charge is 2.29. The lowest BCUT2D eigenvalue weighted by molar-refractivity contribution is -0.384. The summed E-state index contributed by atoms with van der Waals surface area (Å²) in [7, 11) is -2.74. The van der Waals surface area contributed by atoms with Gasteiger partial charge in [0, 0.05) is 49.0 Å². The van der Waals surface area contributed by atoms with Crippen LogP contribution in [0.15, 0.2) is 98.8 Å². The molecule has 1 unspecified atom stereocenters. The Hall–Kier alpha value is -3.45. The maximum Gasteiger partial charge on any atom is 0.269 e. The zero-order valence-corrected chi connectivity index (χ0v) is 25.1. The Labute approximate surface area is 247 Å². The van der Waals surface area contributed by atoms with Gasteiger partial charge in [0.1, 0.15) is 5.75 Å². The molecule has 0 bridgehead atoms. The third kappa shape index (κ3) is 5.44. The van der Waals surface area contributed by atoms with Crippen LogP contribution in [0.2, 0.25) is 0 Å². The zero-order chi connectivity index (χ0) is 28.6. The number of halogens is 2. The second kappa shape index (κ2) is 11.2. The molecule has 0 aliphatic rings. The molecule has 0 fully saturated rings. The second-order valence-corrected chi connectivity index (χ2v) is 12.8. The number of ether oxygens (including phenoxy) is 1. The summed E-state index contributed by atoms with van der Waals surface area (Å²) in [4.78, 5) is 10.4. The molecule has 9 nitrogen and oxygen atoms in total. The molecule has 4 aromatic carbocycles. The van der Waals surface area contributed by atoms with Crippen molar-refractivity contribution in [3.05, 3.63) is 104 Å². The van der Waals surface area contributed by atoms with Gasteiger partial charge in [0.25, 0.3) is 15.7 Å². The fourth-order valence-corrected chi connectivity index (χ4v) is 6.90. The number of hydrogen-bond donors (Lipinski definition) is 1. The molecule has 0 saturated carbocycles. The molecule has 1 aromatic heterocycles. The number of sulfonamides is 1. The second-order valence-electron chi connectivity index (χ2n) is 9.08. The normalized spacial score (nSPS) is 12.5. The van der Waals surface area contributed by atoms with Gasteiger partial charge in [-0.15, -0.1) is 0 Å². The summed E-state index contributed by atoms with van der Waals surface area (Å²) in [5.41, 5.74) is 1.84. The highest BCUT2D eigenvalue weighted by Crippen LogP contribution is 2.34. The number of aliphatic hydroxyl groups excluding tert-OH is 1. The smallest absolute Gasteiger partial charge is 0.269 e. The number of benzene rings is 4. The van der Waals surface area contributed by atoms with E-state index in [2.05, 4.69) is 31.9 Å². The lowest BCUT2D eigenvalue weighted by Gasteiger charge is -2.27. The Morgan fingerprint density at radius 2 is 1.55 bits per heavy atom. The Bertz CT molecular complexity index is 1780. The topological polar surface area (TPSA) is 115 Å². The van der Waals surface area contributed by atoms with E-state index in [1.807, 2.05) is 41.0 Å². The van der Waals surface area contributed by atoms with E-state index >= 15 is 0 Å². The van der Waals surface area contributed by atoms with Crippen molar-refractivity contribution in [2.75, 3.05) is 18.0 Å². The van der Waals surface area contributed by atoms with Crippen LogP contribution in [0.1, 0.15) is 0 Å². The van der Waals surface area contributed by atoms with Crippen molar-refractivity contribution in [2.45, 2.75) is 17.5 Å². The van der Waals surface area contributed by atoms with Crippen LogP contribution in [0, 0.1) is 10.1 Å². The molecule has 1 N–H and O–H groups in total. The number of anilines is 1. The van der Waals surface area contributed by atoms with Gasteiger partial charge in [-0.3, -0.25) is 14.4 Å². The van der Waals surface area contributed by atoms with Gasteiger partial charge in [-0.25, -0.2) is 8.42 Å². The summed E-state index contributed by atoms with van der Waals surface area (Å²) >= 11 is 7.06. The Balaban J connectivity index is 1.55. The maximum atomic E-state index is 13.8. The number of methoxy groups -OCH3 is 1. The van der Waals surface area contributed by atoms with Gasteiger partial charge in [0.2, 0.25) is 0 Å². The molecule has 40 heavy (non-hydrogen) atoms. The number of nitro groups is 1. The van der Waals surface area contributed by atoms with E-state index in [9.17, 15) is 23.6 Å². The Morgan fingerprint density at radius 1 is 0.950 bits per heavy atom. The lowest BCUT2D eigenvalue weighted by Crippen LogP contribution is -2.39. The predicted octanol–water partition coefficient (Wildman–Crippen LogP) is 6.49. The van der Waals surface area contributed by atoms with E-state index in [4.69, 9.17) is 4.74 Å². The quantitative estimate of drug-likeness (QED) is 0.140. The van der Waals surface area contributed by atoms with Crippen molar-refractivity contribution >= 4 is 75.1 Å². The first-order chi connectivity index (χ1) is 19.1. The molecule has 0 amide bonds. The van der Waals surface area contributed by atoms with Crippen LogP contribution in [-0.4, -0.2) is 42.8 Å². The van der Waals surface area contributed by atoms with Gasteiger partial charge < -0.3 is 14.4 Å². The molecular formula is C28H23Br2N3O6S. The molecule has 0 aliphatic heterocycles. The lowest BCUT2D eigenvalue weighted by atomic mass is 10.2. The van der Waals surface area contributed by atoms with Gasteiger partial charge in [0.05, 0.1) is 41.8 Å². The van der Waals surface area contributed by atoms with E-state index in [-0.39, 0.29) is 29.4 Å². The standard InChI is InChI=1S/C28H23Br2N3O6S/c1-39-23-4-2-3-21(15-23)32(40(37,38)24-9-7-20(8-10-24)33(35)36)17-22(34)16-31-27-11-5-18(29)13-25(27)26-14-19(30)6-12-28(26)31/h2-15,22,34H,16-17H2,1H3. The van der Waals surface area contributed by atoms with Gasteiger partial charge in [-0.1, -0.05) is 37.9 Å². The molecular weight excluding hydrogens is 666 g/mol. The maximum absolute atomic E-state index is 13.8. The fraction of sp³-hybridized carbons (Fsp3) is 0.143. The summed E-state index contributed by atoms with van der Waals surface area (Å²) in [6.45, 7) is -0.166. The number of fused-ring (bicyclic) bond motifs is 3. The van der Waals surface area contributed by atoms with E-state index in [0.717, 1.165) is 47.2 Å². The molecule has 1 atom stereocenters. The molecule has 0 spiro atoms. The number of nitrogens with zero attached hydrogens (tertiary/aromatic N) is 3. The molecule has 5 aromatic rings. The van der Waals surface area contributed by atoms with E-state index < -0.39 is 21.1 Å². The molecule has 0 radical (unpaired) electrons. The van der Waals surface area contributed by atoms with Crippen LogP contribution < -0.4 is 9.04 Å².